The Balaban J connectivity index is 2.01. The number of rotatable bonds is 2. The predicted molar refractivity (Wildman–Crippen MR) is 86.7 cm³/mol. The fourth-order valence-electron chi connectivity index (χ4n) is 2.65. The maximum absolute atomic E-state index is 11.6. The molecule has 1 amide bonds. The average molecular weight is 367 g/mol. The van der Waals surface area contributed by atoms with Crippen LogP contribution in [0.5, 0.6) is 0 Å². The summed E-state index contributed by atoms with van der Waals surface area (Å²) in [7, 11) is 0. The van der Waals surface area contributed by atoms with E-state index >= 15 is 0 Å². The Bertz CT molecular complexity index is 720. The minimum absolute atomic E-state index is 0.437. The largest absolute Gasteiger partial charge is 0.366 e. The first-order chi connectivity index (χ1) is 10.1. The van der Waals surface area contributed by atoms with E-state index < -0.39 is 5.91 Å². The van der Waals surface area contributed by atoms with E-state index in [-0.39, 0.29) is 0 Å². The van der Waals surface area contributed by atoms with Gasteiger partial charge in [-0.3, -0.25) is 9.78 Å². The number of pyridine rings is 1. The summed E-state index contributed by atoms with van der Waals surface area (Å²) in [5.41, 5.74) is 8.99. The van der Waals surface area contributed by atoms with Gasteiger partial charge >= 0.3 is 0 Å². The molecule has 0 aliphatic carbocycles. The number of nitrogens with zero attached hydrogens (tertiary/aromatic N) is 2. The number of carbonyl (C=O) groups is 1. The molecule has 6 heteroatoms. The number of benzene rings is 1. The van der Waals surface area contributed by atoms with Crippen molar-refractivity contribution in [2.75, 3.05) is 11.4 Å². The van der Waals surface area contributed by atoms with Crippen LogP contribution in [-0.2, 0) is 13.0 Å². The summed E-state index contributed by atoms with van der Waals surface area (Å²) < 4.78 is 1.08. The fourth-order valence-corrected chi connectivity index (χ4v) is 3.46. The molecule has 2 N–H and O–H groups in total. The number of halogens is 2. The third-order valence-electron chi connectivity index (χ3n) is 3.70. The number of primary amides is 1. The maximum Gasteiger partial charge on any atom is 0.252 e. The molecule has 108 valence electrons. The van der Waals surface area contributed by atoms with Gasteiger partial charge in [-0.2, -0.15) is 0 Å². The average Bonchev–Trinajstić information content (AvgIpc) is 2.50. The highest BCUT2D eigenvalue weighted by atomic mass is 79.9. The van der Waals surface area contributed by atoms with Crippen LogP contribution < -0.4 is 10.6 Å². The lowest BCUT2D eigenvalue weighted by Crippen LogP contribution is -2.32. The minimum atomic E-state index is -0.468. The first-order valence-electron chi connectivity index (χ1n) is 6.52. The Hall–Kier alpha value is -1.59. The molecule has 2 heterocycles. The molecule has 1 aliphatic heterocycles. The topological polar surface area (TPSA) is 59.2 Å². The van der Waals surface area contributed by atoms with Gasteiger partial charge in [-0.05, 0) is 35.7 Å². The second-order valence-electron chi connectivity index (χ2n) is 4.91. The summed E-state index contributed by atoms with van der Waals surface area (Å²) in [6, 6.07) is 5.67. The van der Waals surface area contributed by atoms with Crippen molar-refractivity contribution < 1.29 is 4.79 Å². The highest BCUT2D eigenvalue weighted by Crippen LogP contribution is 2.34. The molecule has 0 radical (unpaired) electrons. The lowest BCUT2D eigenvalue weighted by atomic mass is 9.98. The third kappa shape index (κ3) is 2.63. The summed E-state index contributed by atoms with van der Waals surface area (Å²) in [4.78, 5) is 17.6. The van der Waals surface area contributed by atoms with E-state index in [1.807, 2.05) is 18.2 Å². The molecule has 0 bridgehead atoms. The van der Waals surface area contributed by atoms with Gasteiger partial charge in [0.05, 0.1) is 11.3 Å². The van der Waals surface area contributed by atoms with Gasteiger partial charge < -0.3 is 10.6 Å². The van der Waals surface area contributed by atoms with Crippen LogP contribution in [0.4, 0.5) is 5.69 Å². The van der Waals surface area contributed by atoms with Crippen molar-refractivity contribution in [1.29, 1.82) is 0 Å². The van der Waals surface area contributed by atoms with Gasteiger partial charge in [-0.1, -0.05) is 27.5 Å². The van der Waals surface area contributed by atoms with Crippen LogP contribution in [-0.4, -0.2) is 17.4 Å². The van der Waals surface area contributed by atoms with E-state index in [1.54, 1.807) is 6.20 Å². The standard InChI is InChI=1S/C15H13BrClN3O/c16-12-1-2-13(17)11-8-20(6-4-9(11)12)14-3-5-19-7-10(14)15(18)21/h1-3,5,7H,4,6,8H2,(H2,18,21). The fraction of sp³-hybridized carbons (Fsp3) is 0.200. The lowest BCUT2D eigenvalue weighted by molar-refractivity contribution is 0.100. The Labute approximate surface area is 136 Å². The molecule has 4 nitrogen and oxygen atoms in total. The summed E-state index contributed by atoms with van der Waals surface area (Å²) in [6.45, 7) is 1.45. The van der Waals surface area contributed by atoms with Gasteiger partial charge in [0.2, 0.25) is 0 Å². The van der Waals surface area contributed by atoms with E-state index in [4.69, 9.17) is 17.3 Å². The van der Waals surface area contributed by atoms with E-state index in [9.17, 15) is 4.79 Å². The van der Waals surface area contributed by atoms with Crippen molar-refractivity contribution in [2.45, 2.75) is 13.0 Å². The van der Waals surface area contributed by atoms with Crippen molar-refractivity contribution in [3.8, 4) is 0 Å². The van der Waals surface area contributed by atoms with Crippen molar-refractivity contribution in [3.63, 3.8) is 0 Å². The van der Waals surface area contributed by atoms with Crippen LogP contribution >= 0.6 is 27.5 Å². The Morgan fingerprint density at radius 1 is 1.33 bits per heavy atom. The number of anilines is 1. The van der Waals surface area contributed by atoms with E-state index in [0.29, 0.717) is 12.1 Å². The molecule has 1 aliphatic rings. The van der Waals surface area contributed by atoms with Crippen molar-refractivity contribution in [2.24, 2.45) is 5.73 Å². The number of aromatic nitrogens is 1. The van der Waals surface area contributed by atoms with Gasteiger partial charge in [-0.15, -0.1) is 0 Å². The molecule has 1 aromatic heterocycles. The van der Waals surface area contributed by atoms with Gasteiger partial charge in [0.15, 0.2) is 0 Å². The van der Waals surface area contributed by atoms with Crippen LogP contribution in [0, 0.1) is 0 Å². The molecule has 0 atom stereocenters. The van der Waals surface area contributed by atoms with Crippen LogP contribution in [0.25, 0.3) is 0 Å². The van der Waals surface area contributed by atoms with E-state index in [0.717, 1.165) is 33.7 Å². The zero-order valence-corrected chi connectivity index (χ0v) is 13.5. The highest BCUT2D eigenvalue weighted by molar-refractivity contribution is 9.10. The molecule has 3 rings (SSSR count). The molecule has 0 saturated heterocycles. The van der Waals surface area contributed by atoms with Crippen LogP contribution in [0.1, 0.15) is 21.5 Å². The number of carbonyl (C=O) groups excluding carboxylic acids is 1. The molecule has 0 fully saturated rings. The number of hydrogen-bond acceptors (Lipinski definition) is 3. The quantitative estimate of drug-likeness (QED) is 0.888. The van der Waals surface area contributed by atoms with Crippen molar-refractivity contribution >= 4 is 39.1 Å². The smallest absolute Gasteiger partial charge is 0.252 e. The van der Waals surface area contributed by atoms with E-state index in [2.05, 4.69) is 25.8 Å². The molecule has 0 unspecified atom stereocenters. The Morgan fingerprint density at radius 3 is 2.90 bits per heavy atom. The minimum Gasteiger partial charge on any atom is -0.366 e. The van der Waals surface area contributed by atoms with Crippen LogP contribution in [0.2, 0.25) is 5.02 Å². The summed E-state index contributed by atoms with van der Waals surface area (Å²) in [5, 5.41) is 0.743. The zero-order valence-electron chi connectivity index (χ0n) is 11.1. The lowest BCUT2D eigenvalue weighted by Gasteiger charge is -2.32. The highest BCUT2D eigenvalue weighted by Gasteiger charge is 2.23. The summed E-state index contributed by atoms with van der Waals surface area (Å²) in [5.74, 6) is -0.468. The van der Waals surface area contributed by atoms with E-state index in [1.165, 1.54) is 11.8 Å². The zero-order chi connectivity index (χ0) is 15.0. The van der Waals surface area contributed by atoms with Crippen molar-refractivity contribution in [3.05, 3.63) is 56.8 Å². The SMILES string of the molecule is NC(=O)c1cnccc1N1CCc2c(Br)ccc(Cl)c2C1. The van der Waals surface area contributed by atoms with Gasteiger partial charge in [0, 0.05) is 35.0 Å². The predicted octanol–water partition coefficient (Wildman–Crippen LogP) is 3.16. The van der Waals surface area contributed by atoms with Crippen LogP contribution in [0.15, 0.2) is 35.1 Å². The normalized spacial score (nSPS) is 13.9. The number of fused-ring (bicyclic) bond motifs is 1. The summed E-state index contributed by atoms with van der Waals surface area (Å²) >= 11 is 9.89. The molecule has 0 saturated carbocycles. The Kier molecular flexibility index (Phi) is 3.87. The third-order valence-corrected chi connectivity index (χ3v) is 4.80. The number of nitrogens with two attached hydrogens (primary N) is 1. The van der Waals surface area contributed by atoms with Crippen molar-refractivity contribution in [1.82, 2.24) is 4.98 Å². The first-order valence-corrected chi connectivity index (χ1v) is 7.69. The molecular weight excluding hydrogens is 354 g/mol. The maximum atomic E-state index is 11.6. The van der Waals surface area contributed by atoms with Crippen LogP contribution in [0.3, 0.4) is 0 Å². The summed E-state index contributed by atoms with van der Waals surface area (Å²) in [6.07, 6.45) is 4.03. The van der Waals surface area contributed by atoms with Gasteiger partial charge in [-0.25, -0.2) is 0 Å². The molecule has 1 aromatic carbocycles. The molecule has 2 aromatic rings. The Morgan fingerprint density at radius 2 is 2.14 bits per heavy atom. The number of hydrogen-bond donors (Lipinski definition) is 1. The number of amides is 1. The molecule has 21 heavy (non-hydrogen) atoms. The molecule has 0 spiro atoms. The monoisotopic (exact) mass is 365 g/mol. The van der Waals surface area contributed by atoms with Gasteiger partial charge in [0.1, 0.15) is 0 Å². The second-order valence-corrected chi connectivity index (χ2v) is 6.18. The van der Waals surface area contributed by atoms with Gasteiger partial charge in [0.25, 0.3) is 5.91 Å². The second kappa shape index (κ2) is 5.66. The molecular formula is C15H13BrClN3O. The first kappa shape index (κ1) is 14.4.